The van der Waals surface area contributed by atoms with E-state index in [1.165, 1.54) is 12.1 Å². The van der Waals surface area contributed by atoms with Gasteiger partial charge in [-0.2, -0.15) is 0 Å². The molecule has 0 amide bonds. The Balaban J connectivity index is 0.000000238. The summed E-state index contributed by atoms with van der Waals surface area (Å²) in [7, 11) is 0. The third-order valence-corrected chi connectivity index (χ3v) is 8.18. The summed E-state index contributed by atoms with van der Waals surface area (Å²) < 4.78 is 5.60. The van der Waals surface area contributed by atoms with Crippen molar-refractivity contribution >= 4 is 39.3 Å². The quantitative estimate of drug-likeness (QED) is 0.0703. The van der Waals surface area contributed by atoms with Crippen molar-refractivity contribution in [2.45, 2.75) is 40.2 Å². The number of phenols is 2. The van der Waals surface area contributed by atoms with E-state index in [0.717, 1.165) is 37.5 Å². The monoisotopic (exact) mass is 665 g/mol. The first kappa shape index (κ1) is 36.2. The summed E-state index contributed by atoms with van der Waals surface area (Å²) in [6.45, 7) is 12.1. The number of carboxylic acid groups (broad SMARTS) is 2. The number of ether oxygens (including phenoxy) is 1. The number of hydrogen-bond donors (Lipinski definition) is 5. The molecule has 0 heterocycles. The second-order valence-corrected chi connectivity index (χ2v) is 11.7. The third-order valence-electron chi connectivity index (χ3n) is 8.18. The molecule has 256 valence electrons. The van der Waals surface area contributed by atoms with Gasteiger partial charge >= 0.3 is 11.9 Å². The van der Waals surface area contributed by atoms with E-state index in [-0.39, 0.29) is 23.7 Å². The molecule has 0 unspecified atom stereocenters. The van der Waals surface area contributed by atoms with Gasteiger partial charge < -0.3 is 35.8 Å². The number of nitrogens with two attached hydrogens (primary N) is 1. The van der Waals surface area contributed by atoms with Crippen LogP contribution in [0.5, 0.6) is 17.2 Å². The maximum Gasteiger partial charge on any atom is 0.339 e. The summed E-state index contributed by atoms with van der Waals surface area (Å²) in [6, 6.07) is 24.5. The molecule has 5 rings (SSSR count). The third kappa shape index (κ3) is 8.85. The fourth-order valence-electron chi connectivity index (χ4n) is 5.60. The van der Waals surface area contributed by atoms with Crippen molar-refractivity contribution < 1.29 is 34.8 Å². The minimum Gasteiger partial charge on any atom is -0.507 e. The number of carbonyl (C=O) groups is 2. The van der Waals surface area contributed by atoms with E-state index < -0.39 is 23.4 Å². The number of hydrogen-bond acceptors (Lipinski definition) is 7. The topological polar surface area (TPSA) is 166 Å². The van der Waals surface area contributed by atoms with Crippen LogP contribution in [0, 0.1) is 0 Å². The Kier molecular flexibility index (Phi) is 12.2. The van der Waals surface area contributed by atoms with Crippen molar-refractivity contribution in [3.63, 3.8) is 0 Å². The Labute approximate surface area is 285 Å². The van der Waals surface area contributed by atoms with E-state index in [4.69, 9.17) is 10.5 Å². The molecular formula is C39H43N3O7. The van der Waals surface area contributed by atoms with E-state index in [1.54, 1.807) is 48.5 Å². The lowest BCUT2D eigenvalue weighted by Crippen LogP contribution is -2.26. The average Bonchev–Trinajstić information content (AvgIpc) is 3.08. The zero-order valence-electron chi connectivity index (χ0n) is 28.2. The molecule has 0 fully saturated rings. The van der Waals surface area contributed by atoms with Gasteiger partial charge in [-0.05, 0) is 84.9 Å². The molecule has 0 saturated heterocycles. The maximum absolute atomic E-state index is 11.6. The lowest BCUT2D eigenvalue weighted by atomic mass is 9.90. The van der Waals surface area contributed by atoms with Crippen LogP contribution in [-0.2, 0) is 6.42 Å². The fourth-order valence-corrected chi connectivity index (χ4v) is 5.60. The Morgan fingerprint density at radius 3 is 1.67 bits per heavy atom. The average molecular weight is 666 g/mol. The molecule has 5 aromatic carbocycles. The van der Waals surface area contributed by atoms with Crippen molar-refractivity contribution in [3.8, 4) is 17.2 Å². The molecule has 0 radical (unpaired) electrons. The van der Waals surface area contributed by atoms with Gasteiger partial charge in [0, 0.05) is 29.7 Å². The van der Waals surface area contributed by atoms with Gasteiger partial charge in [-0.1, -0.05) is 62.4 Å². The van der Waals surface area contributed by atoms with Gasteiger partial charge in [0.15, 0.2) is 0 Å². The molecule has 5 aromatic rings. The molecule has 49 heavy (non-hydrogen) atoms. The SMILES string of the molecule is CCN(CC)CCN=C(N)c1ccc(OC(C)C)cc1.O=C(O)c1cc2ccccc2c(Cc2c(O)c(C(=O)O)cc3ccccc23)c1O. The second-order valence-electron chi connectivity index (χ2n) is 11.7. The summed E-state index contributed by atoms with van der Waals surface area (Å²) in [5.41, 5.74) is 7.06. The van der Waals surface area contributed by atoms with E-state index in [0.29, 0.717) is 38.5 Å². The molecule has 0 saturated carbocycles. The van der Waals surface area contributed by atoms with Crippen LogP contribution in [0.1, 0.15) is 65.1 Å². The molecule has 0 bridgehead atoms. The number of amidine groups is 1. The molecule has 0 atom stereocenters. The van der Waals surface area contributed by atoms with Crippen molar-refractivity contribution in [2.24, 2.45) is 10.7 Å². The minimum absolute atomic E-state index is 0.0407. The summed E-state index contributed by atoms with van der Waals surface area (Å²) in [4.78, 5) is 30.0. The predicted molar refractivity (Wildman–Crippen MR) is 194 cm³/mol. The molecule has 0 aliphatic heterocycles. The number of rotatable bonds is 12. The first-order valence-electron chi connectivity index (χ1n) is 16.2. The Hall–Kier alpha value is -5.61. The number of benzene rings is 5. The standard InChI is InChI=1S/C23H16O6.C16H27N3O/c24-20-16(14-7-3-1-5-12(14)9-18(20)22(26)27)11-17-15-8-4-2-6-13(15)10-19(21(17)25)23(28)29;1-5-19(6-2)12-11-18-16(17)14-7-9-15(10-8-14)20-13(3)4/h1-10,24-25H,11H2,(H,26,27)(H,28,29);7-10,13H,5-6,11-12H2,1-4H3,(H2,17,18). The highest BCUT2D eigenvalue weighted by Crippen LogP contribution is 2.38. The highest BCUT2D eigenvalue weighted by atomic mass is 16.5. The maximum atomic E-state index is 11.6. The second kappa shape index (κ2) is 16.5. The summed E-state index contributed by atoms with van der Waals surface area (Å²) >= 11 is 0. The van der Waals surface area contributed by atoms with Crippen LogP contribution < -0.4 is 10.5 Å². The molecule has 0 aliphatic carbocycles. The molecule has 0 aromatic heterocycles. The van der Waals surface area contributed by atoms with E-state index in [9.17, 15) is 30.0 Å². The summed E-state index contributed by atoms with van der Waals surface area (Å²) in [6.07, 6.45) is 0.141. The largest absolute Gasteiger partial charge is 0.507 e. The first-order valence-corrected chi connectivity index (χ1v) is 16.2. The molecule has 0 aliphatic rings. The summed E-state index contributed by atoms with van der Waals surface area (Å²) in [5.74, 6) is -1.90. The van der Waals surface area contributed by atoms with E-state index >= 15 is 0 Å². The minimum atomic E-state index is -1.28. The lowest BCUT2D eigenvalue weighted by molar-refractivity contribution is 0.0682. The van der Waals surface area contributed by atoms with Gasteiger partial charge in [-0.3, -0.25) is 4.99 Å². The Morgan fingerprint density at radius 1 is 0.776 bits per heavy atom. The van der Waals surface area contributed by atoms with Crippen LogP contribution >= 0.6 is 0 Å². The number of fused-ring (bicyclic) bond motifs is 2. The molecule has 10 heteroatoms. The fraction of sp³-hybridized carbons (Fsp3) is 0.256. The van der Waals surface area contributed by atoms with E-state index in [2.05, 4.69) is 23.7 Å². The molecule has 0 spiro atoms. The smallest absolute Gasteiger partial charge is 0.339 e. The Bertz CT molecular complexity index is 1870. The number of nitrogens with zero attached hydrogens (tertiary/aromatic N) is 2. The first-order chi connectivity index (χ1) is 23.4. The van der Waals surface area contributed by atoms with E-state index in [1.807, 2.05) is 38.1 Å². The van der Waals surface area contributed by atoms with Gasteiger partial charge in [0.2, 0.25) is 0 Å². The van der Waals surface area contributed by atoms with Crippen LogP contribution in [0.2, 0.25) is 0 Å². The zero-order valence-corrected chi connectivity index (χ0v) is 28.2. The van der Waals surface area contributed by atoms with Gasteiger partial charge in [0.1, 0.15) is 34.2 Å². The lowest BCUT2D eigenvalue weighted by Gasteiger charge is -2.16. The summed E-state index contributed by atoms with van der Waals surface area (Å²) in [5, 5.41) is 42.8. The highest BCUT2D eigenvalue weighted by molar-refractivity contribution is 6.02. The molecule has 10 nitrogen and oxygen atoms in total. The van der Waals surface area contributed by atoms with Crippen LogP contribution in [0.3, 0.4) is 0 Å². The number of likely N-dealkylation sites (N-methyl/N-ethyl adjacent to an activating group) is 1. The van der Waals surface area contributed by atoms with Gasteiger partial charge in [-0.25, -0.2) is 9.59 Å². The highest BCUT2D eigenvalue weighted by Gasteiger charge is 2.22. The molecular weight excluding hydrogens is 622 g/mol. The molecule has 6 N–H and O–H groups in total. The van der Waals surface area contributed by atoms with Gasteiger partial charge in [-0.15, -0.1) is 0 Å². The number of aromatic hydroxyl groups is 2. The van der Waals surface area contributed by atoms with Gasteiger partial charge in [0.05, 0.1) is 12.6 Å². The number of aromatic carboxylic acids is 2. The van der Waals surface area contributed by atoms with Crippen molar-refractivity contribution in [1.29, 1.82) is 0 Å². The predicted octanol–water partition coefficient (Wildman–Crippen LogP) is 6.91. The van der Waals surface area contributed by atoms with Crippen LogP contribution in [0.4, 0.5) is 0 Å². The number of aliphatic imine (C=N–C) groups is 1. The van der Waals surface area contributed by atoms with Crippen LogP contribution in [0.25, 0.3) is 21.5 Å². The Morgan fingerprint density at radius 2 is 1.24 bits per heavy atom. The van der Waals surface area contributed by atoms with Gasteiger partial charge in [0.25, 0.3) is 0 Å². The normalized spacial score (nSPS) is 11.5. The number of carboxylic acids is 2. The van der Waals surface area contributed by atoms with Crippen molar-refractivity contribution in [1.82, 2.24) is 4.90 Å². The van der Waals surface area contributed by atoms with Crippen molar-refractivity contribution in [2.75, 3.05) is 26.2 Å². The van der Waals surface area contributed by atoms with Crippen LogP contribution in [0.15, 0.2) is 89.9 Å². The van der Waals surface area contributed by atoms with Crippen molar-refractivity contribution in [3.05, 3.63) is 113 Å². The zero-order chi connectivity index (χ0) is 35.7. The van der Waals surface area contributed by atoms with Crippen LogP contribution in [-0.4, -0.2) is 75.4 Å².